The van der Waals surface area contributed by atoms with E-state index in [2.05, 4.69) is 4.98 Å². The maximum atomic E-state index is 11.6. The van der Waals surface area contributed by atoms with Gasteiger partial charge in [0.25, 0.3) is 0 Å². The van der Waals surface area contributed by atoms with Gasteiger partial charge in [0.15, 0.2) is 0 Å². The van der Waals surface area contributed by atoms with Gasteiger partial charge < -0.3 is 20.7 Å². The molecule has 2 heterocycles. The predicted molar refractivity (Wildman–Crippen MR) is 59.1 cm³/mol. The molecule has 1 unspecified atom stereocenters. The standard InChI is InChI=1S/C10H15N3O4/c1-10(5-14)6(15)4-8(17-10)13-3-2-7(11)12-9(13)16/h2-3,6,8,14-15H,4-5H2,1H3,(H2,11,12,16)/t6-,8+,10?/m0/s1. The minimum atomic E-state index is -1.05. The Bertz CT molecular complexity index is 475. The van der Waals surface area contributed by atoms with Crippen LogP contribution < -0.4 is 11.4 Å². The van der Waals surface area contributed by atoms with Crippen LogP contribution in [-0.2, 0) is 4.74 Å². The van der Waals surface area contributed by atoms with Crippen LogP contribution in [0.15, 0.2) is 17.1 Å². The average molecular weight is 241 g/mol. The molecule has 1 aliphatic heterocycles. The Balaban J connectivity index is 2.29. The fraction of sp³-hybridized carbons (Fsp3) is 0.600. The zero-order chi connectivity index (χ0) is 12.6. The van der Waals surface area contributed by atoms with Crippen molar-refractivity contribution in [1.29, 1.82) is 0 Å². The van der Waals surface area contributed by atoms with E-state index in [1.807, 2.05) is 0 Å². The molecule has 0 spiro atoms. The summed E-state index contributed by atoms with van der Waals surface area (Å²) in [5.41, 5.74) is 3.79. The highest BCUT2D eigenvalue weighted by Gasteiger charge is 2.44. The molecule has 3 atom stereocenters. The van der Waals surface area contributed by atoms with Crippen molar-refractivity contribution in [3.8, 4) is 0 Å². The van der Waals surface area contributed by atoms with Gasteiger partial charge in [0, 0.05) is 12.6 Å². The predicted octanol–water partition coefficient (Wildman–Crippen LogP) is -1.14. The third-order valence-electron chi connectivity index (χ3n) is 3.01. The number of ether oxygens (including phenoxy) is 1. The first-order valence-electron chi connectivity index (χ1n) is 5.28. The summed E-state index contributed by atoms with van der Waals surface area (Å²) < 4.78 is 6.75. The molecule has 0 radical (unpaired) electrons. The monoisotopic (exact) mass is 241 g/mol. The fourth-order valence-corrected chi connectivity index (χ4v) is 1.84. The Hall–Kier alpha value is -1.44. The summed E-state index contributed by atoms with van der Waals surface area (Å²) in [7, 11) is 0. The van der Waals surface area contributed by atoms with E-state index in [1.165, 1.54) is 16.8 Å². The first-order chi connectivity index (χ1) is 7.96. The number of nitrogens with zero attached hydrogens (tertiary/aromatic N) is 2. The normalized spacial score (nSPS) is 32.9. The maximum Gasteiger partial charge on any atom is 0.351 e. The van der Waals surface area contributed by atoms with Crippen LogP contribution in [-0.4, -0.2) is 38.1 Å². The maximum absolute atomic E-state index is 11.6. The molecule has 4 N–H and O–H groups in total. The minimum Gasteiger partial charge on any atom is -0.393 e. The van der Waals surface area contributed by atoms with Gasteiger partial charge in [-0.1, -0.05) is 0 Å². The van der Waals surface area contributed by atoms with Crippen LogP contribution in [0.1, 0.15) is 19.6 Å². The van der Waals surface area contributed by atoms with Crippen LogP contribution in [0.2, 0.25) is 0 Å². The summed E-state index contributed by atoms with van der Waals surface area (Å²) in [4.78, 5) is 15.2. The van der Waals surface area contributed by atoms with E-state index < -0.39 is 23.6 Å². The summed E-state index contributed by atoms with van der Waals surface area (Å²) >= 11 is 0. The minimum absolute atomic E-state index is 0.134. The number of aromatic nitrogens is 2. The number of nitrogens with two attached hydrogens (primary N) is 1. The van der Waals surface area contributed by atoms with Gasteiger partial charge in [-0.3, -0.25) is 4.57 Å². The molecule has 7 heteroatoms. The molecule has 1 fully saturated rings. The SMILES string of the molecule is CC1(CO)O[C@@H](n2ccc(N)nc2=O)C[C@@H]1O. The molecule has 0 aliphatic carbocycles. The number of hydrogen-bond donors (Lipinski definition) is 3. The van der Waals surface area contributed by atoms with Gasteiger partial charge in [-0.05, 0) is 13.0 Å². The second-order valence-electron chi connectivity index (χ2n) is 4.34. The molecule has 1 aliphatic rings. The van der Waals surface area contributed by atoms with Gasteiger partial charge in [0.2, 0.25) is 0 Å². The molecule has 17 heavy (non-hydrogen) atoms. The van der Waals surface area contributed by atoms with Crippen molar-refractivity contribution in [2.45, 2.75) is 31.3 Å². The van der Waals surface area contributed by atoms with Crippen molar-refractivity contribution < 1.29 is 14.9 Å². The smallest absolute Gasteiger partial charge is 0.351 e. The highest BCUT2D eigenvalue weighted by molar-refractivity contribution is 5.23. The van der Waals surface area contributed by atoms with Crippen molar-refractivity contribution >= 4 is 5.82 Å². The van der Waals surface area contributed by atoms with Crippen LogP contribution >= 0.6 is 0 Å². The van der Waals surface area contributed by atoms with E-state index in [0.717, 1.165) is 0 Å². The molecule has 7 nitrogen and oxygen atoms in total. The molecular formula is C10H15N3O4. The number of nitrogen functional groups attached to an aromatic ring is 1. The largest absolute Gasteiger partial charge is 0.393 e. The number of hydrogen-bond acceptors (Lipinski definition) is 6. The second-order valence-corrected chi connectivity index (χ2v) is 4.34. The third-order valence-corrected chi connectivity index (χ3v) is 3.01. The highest BCUT2D eigenvalue weighted by Crippen LogP contribution is 2.35. The summed E-state index contributed by atoms with van der Waals surface area (Å²) in [6, 6.07) is 1.48. The van der Waals surface area contributed by atoms with E-state index >= 15 is 0 Å². The van der Waals surface area contributed by atoms with Crippen molar-refractivity contribution in [3.63, 3.8) is 0 Å². The van der Waals surface area contributed by atoms with Crippen LogP contribution in [0, 0.1) is 0 Å². The van der Waals surface area contributed by atoms with Gasteiger partial charge in [0.05, 0.1) is 12.7 Å². The number of aliphatic hydroxyl groups is 2. The summed E-state index contributed by atoms with van der Waals surface area (Å²) in [5, 5.41) is 18.9. The molecule has 1 aromatic heterocycles. The Morgan fingerprint density at radius 2 is 2.47 bits per heavy atom. The van der Waals surface area contributed by atoms with Gasteiger partial charge >= 0.3 is 5.69 Å². The van der Waals surface area contributed by atoms with E-state index in [1.54, 1.807) is 6.92 Å². The molecule has 1 aromatic rings. The molecule has 2 rings (SSSR count). The van der Waals surface area contributed by atoms with Crippen LogP contribution in [0.4, 0.5) is 5.82 Å². The lowest BCUT2D eigenvalue weighted by atomic mass is 10.0. The van der Waals surface area contributed by atoms with Gasteiger partial charge in [-0.25, -0.2) is 4.79 Å². The lowest BCUT2D eigenvalue weighted by Crippen LogP contribution is -2.39. The quantitative estimate of drug-likeness (QED) is 0.603. The van der Waals surface area contributed by atoms with E-state index in [-0.39, 0.29) is 18.8 Å². The number of aliphatic hydroxyl groups excluding tert-OH is 2. The van der Waals surface area contributed by atoms with E-state index in [4.69, 9.17) is 15.6 Å². The number of anilines is 1. The molecule has 0 amide bonds. The third kappa shape index (κ3) is 2.04. The lowest BCUT2D eigenvalue weighted by molar-refractivity contribution is -0.116. The summed E-state index contributed by atoms with van der Waals surface area (Å²) in [5.74, 6) is 0.134. The molecule has 0 bridgehead atoms. The van der Waals surface area contributed by atoms with Gasteiger partial charge in [0.1, 0.15) is 17.6 Å². The van der Waals surface area contributed by atoms with Crippen molar-refractivity contribution in [1.82, 2.24) is 9.55 Å². The molecular weight excluding hydrogens is 226 g/mol. The second kappa shape index (κ2) is 4.10. The highest BCUT2D eigenvalue weighted by atomic mass is 16.6. The van der Waals surface area contributed by atoms with E-state index in [9.17, 15) is 9.90 Å². The molecule has 0 saturated carbocycles. The fourth-order valence-electron chi connectivity index (χ4n) is 1.84. The first kappa shape index (κ1) is 12.0. The Labute approximate surface area is 97.5 Å². The molecule has 94 valence electrons. The molecule has 0 aromatic carbocycles. The topological polar surface area (TPSA) is 111 Å². The average Bonchev–Trinajstić information content (AvgIpc) is 2.56. The Kier molecular flexibility index (Phi) is 2.90. The van der Waals surface area contributed by atoms with Gasteiger partial charge in [-0.15, -0.1) is 0 Å². The molecule has 1 saturated heterocycles. The van der Waals surface area contributed by atoms with Crippen molar-refractivity contribution in [2.24, 2.45) is 0 Å². The van der Waals surface area contributed by atoms with Crippen LogP contribution in [0.5, 0.6) is 0 Å². The van der Waals surface area contributed by atoms with Crippen molar-refractivity contribution in [3.05, 3.63) is 22.7 Å². The Morgan fingerprint density at radius 1 is 1.76 bits per heavy atom. The zero-order valence-electron chi connectivity index (χ0n) is 9.41. The first-order valence-corrected chi connectivity index (χ1v) is 5.28. The summed E-state index contributed by atoms with van der Waals surface area (Å²) in [6.07, 6.45) is 0.220. The van der Waals surface area contributed by atoms with Gasteiger partial charge in [-0.2, -0.15) is 4.98 Å². The van der Waals surface area contributed by atoms with Crippen LogP contribution in [0.3, 0.4) is 0 Å². The van der Waals surface area contributed by atoms with Crippen molar-refractivity contribution in [2.75, 3.05) is 12.3 Å². The summed E-state index contributed by atoms with van der Waals surface area (Å²) in [6.45, 7) is 1.27. The Morgan fingerprint density at radius 3 is 3.00 bits per heavy atom. The van der Waals surface area contributed by atoms with E-state index in [0.29, 0.717) is 0 Å². The number of rotatable bonds is 2. The zero-order valence-corrected chi connectivity index (χ0v) is 9.41. The van der Waals surface area contributed by atoms with Crippen LogP contribution in [0.25, 0.3) is 0 Å². The lowest BCUT2D eigenvalue weighted by Gasteiger charge is -2.24.